The molecule has 154 valence electrons. The van der Waals surface area contributed by atoms with E-state index in [-0.39, 0.29) is 6.61 Å². The van der Waals surface area contributed by atoms with E-state index in [9.17, 15) is 10.2 Å². The standard InChI is InChI=1S/C21H40O5/c1-2-3-4-5-6-7-8-9-10-11-12-13-14-15-25-19-17-26-21(20(19)24)18(23)16-22/h14-15,18-24H,2-13,16-17H2,1H3/b15-14+/t18-,19+,20-,21-/m0/s1. The van der Waals surface area contributed by atoms with Gasteiger partial charge in [0.05, 0.1) is 19.5 Å². The average molecular weight is 373 g/mol. The quantitative estimate of drug-likeness (QED) is 0.284. The van der Waals surface area contributed by atoms with Gasteiger partial charge in [-0.25, -0.2) is 0 Å². The lowest BCUT2D eigenvalue weighted by atomic mass is 10.1. The summed E-state index contributed by atoms with van der Waals surface area (Å²) < 4.78 is 10.8. The summed E-state index contributed by atoms with van der Waals surface area (Å²) in [7, 11) is 0. The molecule has 3 N–H and O–H groups in total. The number of unbranched alkanes of at least 4 members (excludes halogenated alkanes) is 11. The van der Waals surface area contributed by atoms with E-state index in [1.54, 1.807) is 6.26 Å². The second kappa shape index (κ2) is 15.4. The van der Waals surface area contributed by atoms with Crippen LogP contribution >= 0.6 is 0 Å². The second-order valence-corrected chi connectivity index (χ2v) is 7.41. The number of aliphatic hydroxyl groups is 3. The normalized spacial score (nSPS) is 24.4. The van der Waals surface area contributed by atoms with Gasteiger partial charge in [-0.2, -0.15) is 0 Å². The summed E-state index contributed by atoms with van der Waals surface area (Å²) in [5.74, 6) is 0. The van der Waals surface area contributed by atoms with Gasteiger partial charge in [0.15, 0.2) is 0 Å². The first-order valence-electron chi connectivity index (χ1n) is 10.6. The minimum atomic E-state index is -1.07. The van der Waals surface area contributed by atoms with E-state index < -0.39 is 31.0 Å². The Hall–Kier alpha value is -0.620. The lowest BCUT2D eigenvalue weighted by Crippen LogP contribution is -2.40. The smallest absolute Gasteiger partial charge is 0.149 e. The third-order valence-electron chi connectivity index (χ3n) is 5.06. The topological polar surface area (TPSA) is 79.2 Å². The lowest BCUT2D eigenvalue weighted by molar-refractivity contribution is -0.0689. The Bertz CT molecular complexity index is 347. The Balaban J connectivity index is 1.91. The fraction of sp³-hybridized carbons (Fsp3) is 0.905. The van der Waals surface area contributed by atoms with Crippen molar-refractivity contribution in [2.45, 2.75) is 108 Å². The number of hydrogen-bond donors (Lipinski definition) is 3. The fourth-order valence-corrected chi connectivity index (χ4v) is 3.33. The SMILES string of the molecule is CCCCCCCCCCCCC/C=C/O[C@@H]1CO[C@@H]([C@@H](O)CO)[C@H]1O. The van der Waals surface area contributed by atoms with Crippen LogP contribution in [0.15, 0.2) is 12.3 Å². The van der Waals surface area contributed by atoms with Gasteiger partial charge in [0.25, 0.3) is 0 Å². The van der Waals surface area contributed by atoms with E-state index >= 15 is 0 Å². The average Bonchev–Trinajstić information content (AvgIpc) is 3.02. The van der Waals surface area contributed by atoms with Crippen LogP contribution in [0.1, 0.15) is 84.0 Å². The van der Waals surface area contributed by atoms with Gasteiger partial charge in [0.1, 0.15) is 24.4 Å². The molecule has 0 radical (unpaired) electrons. The predicted molar refractivity (Wildman–Crippen MR) is 104 cm³/mol. The molecule has 26 heavy (non-hydrogen) atoms. The van der Waals surface area contributed by atoms with Crippen molar-refractivity contribution in [3.8, 4) is 0 Å². The van der Waals surface area contributed by atoms with Crippen molar-refractivity contribution in [1.82, 2.24) is 0 Å². The summed E-state index contributed by atoms with van der Waals surface area (Å²) in [5, 5.41) is 28.4. The molecule has 0 aliphatic carbocycles. The zero-order valence-electron chi connectivity index (χ0n) is 16.5. The van der Waals surface area contributed by atoms with Crippen LogP contribution in [0.5, 0.6) is 0 Å². The first-order chi connectivity index (χ1) is 12.7. The van der Waals surface area contributed by atoms with Crippen molar-refractivity contribution in [2.24, 2.45) is 0 Å². The van der Waals surface area contributed by atoms with E-state index in [0.717, 1.165) is 12.8 Å². The van der Waals surface area contributed by atoms with Gasteiger partial charge >= 0.3 is 0 Å². The minimum Gasteiger partial charge on any atom is -0.493 e. The fourth-order valence-electron chi connectivity index (χ4n) is 3.33. The summed E-state index contributed by atoms with van der Waals surface area (Å²) in [5.41, 5.74) is 0. The monoisotopic (exact) mass is 372 g/mol. The molecule has 0 saturated carbocycles. The van der Waals surface area contributed by atoms with Crippen molar-refractivity contribution >= 4 is 0 Å². The van der Waals surface area contributed by atoms with Crippen LogP contribution in [0.25, 0.3) is 0 Å². The molecular weight excluding hydrogens is 332 g/mol. The number of rotatable bonds is 16. The molecule has 0 bridgehead atoms. The Morgan fingerprint density at radius 2 is 1.58 bits per heavy atom. The maximum Gasteiger partial charge on any atom is 0.149 e. The van der Waals surface area contributed by atoms with E-state index in [1.807, 2.05) is 6.08 Å². The number of ether oxygens (including phenoxy) is 2. The Morgan fingerprint density at radius 3 is 2.15 bits per heavy atom. The van der Waals surface area contributed by atoms with Gasteiger partial charge in [-0.1, -0.05) is 71.1 Å². The number of allylic oxidation sites excluding steroid dienone is 1. The highest BCUT2D eigenvalue weighted by atomic mass is 16.6. The van der Waals surface area contributed by atoms with Crippen LogP contribution in [0, 0.1) is 0 Å². The largest absolute Gasteiger partial charge is 0.493 e. The first-order valence-corrected chi connectivity index (χ1v) is 10.6. The lowest BCUT2D eigenvalue weighted by Gasteiger charge is -2.20. The van der Waals surface area contributed by atoms with Gasteiger partial charge < -0.3 is 24.8 Å². The summed E-state index contributed by atoms with van der Waals surface area (Å²) in [6, 6.07) is 0. The molecule has 0 aromatic rings. The van der Waals surface area contributed by atoms with Crippen LogP contribution in [0.3, 0.4) is 0 Å². The van der Waals surface area contributed by atoms with E-state index in [2.05, 4.69) is 6.92 Å². The molecule has 4 atom stereocenters. The maximum absolute atomic E-state index is 10.00. The highest BCUT2D eigenvalue weighted by Gasteiger charge is 2.40. The number of aliphatic hydroxyl groups excluding tert-OH is 3. The predicted octanol–water partition coefficient (Wildman–Crippen LogP) is 3.70. The molecule has 0 spiro atoms. The second-order valence-electron chi connectivity index (χ2n) is 7.41. The zero-order chi connectivity index (χ0) is 19.0. The van der Waals surface area contributed by atoms with Gasteiger partial charge in [0, 0.05) is 0 Å². The minimum absolute atomic E-state index is 0.228. The highest BCUT2D eigenvalue weighted by molar-refractivity contribution is 4.90. The maximum atomic E-state index is 10.00. The Morgan fingerprint density at radius 1 is 1.00 bits per heavy atom. The van der Waals surface area contributed by atoms with Crippen LogP contribution in [0.4, 0.5) is 0 Å². The molecule has 1 aliphatic heterocycles. The summed E-state index contributed by atoms with van der Waals surface area (Å²) in [6.07, 6.45) is 16.1. The van der Waals surface area contributed by atoms with Crippen LogP contribution in [-0.4, -0.2) is 52.9 Å². The molecule has 1 rings (SSSR count). The van der Waals surface area contributed by atoms with Gasteiger partial charge in [-0.3, -0.25) is 0 Å². The van der Waals surface area contributed by atoms with Gasteiger partial charge in [-0.15, -0.1) is 0 Å². The van der Waals surface area contributed by atoms with Crippen molar-refractivity contribution in [3.05, 3.63) is 12.3 Å². The van der Waals surface area contributed by atoms with E-state index in [0.29, 0.717) is 0 Å². The summed E-state index contributed by atoms with van der Waals surface area (Å²) in [6.45, 7) is 2.06. The van der Waals surface area contributed by atoms with Crippen molar-refractivity contribution in [2.75, 3.05) is 13.2 Å². The molecule has 0 aromatic carbocycles. The molecular formula is C21H40O5. The van der Waals surface area contributed by atoms with Crippen LogP contribution in [-0.2, 0) is 9.47 Å². The summed E-state index contributed by atoms with van der Waals surface area (Å²) >= 11 is 0. The molecule has 0 unspecified atom stereocenters. The number of hydrogen-bond acceptors (Lipinski definition) is 5. The van der Waals surface area contributed by atoms with Crippen LogP contribution < -0.4 is 0 Å². The molecule has 1 saturated heterocycles. The molecule has 1 aliphatic rings. The third-order valence-corrected chi connectivity index (χ3v) is 5.06. The Labute approximate surface area is 159 Å². The first kappa shape index (κ1) is 23.4. The van der Waals surface area contributed by atoms with Gasteiger partial charge in [-0.05, 0) is 18.9 Å². The highest BCUT2D eigenvalue weighted by Crippen LogP contribution is 2.20. The summed E-state index contributed by atoms with van der Waals surface area (Å²) in [4.78, 5) is 0. The van der Waals surface area contributed by atoms with E-state index in [4.69, 9.17) is 14.6 Å². The molecule has 0 aromatic heterocycles. The molecule has 1 fully saturated rings. The van der Waals surface area contributed by atoms with Crippen LogP contribution in [0.2, 0.25) is 0 Å². The van der Waals surface area contributed by atoms with E-state index in [1.165, 1.54) is 64.2 Å². The third kappa shape index (κ3) is 9.91. The van der Waals surface area contributed by atoms with Gasteiger partial charge in [0.2, 0.25) is 0 Å². The van der Waals surface area contributed by atoms with Crippen molar-refractivity contribution in [1.29, 1.82) is 0 Å². The molecule has 5 heteroatoms. The molecule has 5 nitrogen and oxygen atoms in total. The van der Waals surface area contributed by atoms with Crippen molar-refractivity contribution < 1.29 is 24.8 Å². The Kier molecular flexibility index (Phi) is 13.9. The molecule has 0 amide bonds. The molecule has 1 heterocycles. The zero-order valence-corrected chi connectivity index (χ0v) is 16.5. The van der Waals surface area contributed by atoms with Crippen molar-refractivity contribution in [3.63, 3.8) is 0 Å².